The van der Waals surface area contributed by atoms with E-state index < -0.39 is 6.10 Å². The maximum atomic E-state index is 11.9. The lowest BCUT2D eigenvalue weighted by Gasteiger charge is -2.21. The Kier molecular flexibility index (Phi) is 6.69. The molecule has 0 aliphatic rings. The number of amides is 1. The van der Waals surface area contributed by atoms with Crippen LogP contribution in [0.15, 0.2) is 24.3 Å². The van der Waals surface area contributed by atoms with Gasteiger partial charge in [0.15, 0.2) is 6.10 Å². The molecule has 4 heteroatoms. The molecule has 0 saturated carbocycles. The van der Waals surface area contributed by atoms with Crippen molar-refractivity contribution in [3.05, 3.63) is 29.8 Å². The molecule has 21 heavy (non-hydrogen) atoms. The monoisotopic (exact) mass is 293 g/mol. The lowest BCUT2D eigenvalue weighted by atomic mass is 9.87. The van der Waals surface area contributed by atoms with Gasteiger partial charge in [-0.25, -0.2) is 0 Å². The van der Waals surface area contributed by atoms with Gasteiger partial charge in [-0.2, -0.15) is 0 Å². The number of hydrogen-bond donors (Lipinski definition) is 2. The Labute approximate surface area is 127 Å². The maximum absolute atomic E-state index is 11.9. The Morgan fingerprint density at radius 1 is 1.33 bits per heavy atom. The molecule has 0 saturated heterocycles. The highest BCUT2D eigenvalue weighted by molar-refractivity contribution is 5.80. The van der Waals surface area contributed by atoms with Crippen LogP contribution < -0.4 is 10.1 Å². The number of unbranched alkanes of at least 4 members (excludes halogenated alkanes) is 1. The predicted molar refractivity (Wildman–Crippen MR) is 84.6 cm³/mol. The Hall–Kier alpha value is -1.55. The summed E-state index contributed by atoms with van der Waals surface area (Å²) in [6, 6.07) is 7.86. The van der Waals surface area contributed by atoms with Gasteiger partial charge >= 0.3 is 0 Å². The van der Waals surface area contributed by atoms with Crippen LogP contribution in [0.2, 0.25) is 0 Å². The van der Waals surface area contributed by atoms with Gasteiger partial charge < -0.3 is 15.2 Å². The van der Waals surface area contributed by atoms with Crippen molar-refractivity contribution in [2.75, 3.05) is 13.2 Å². The van der Waals surface area contributed by atoms with Crippen molar-refractivity contribution in [1.29, 1.82) is 0 Å². The van der Waals surface area contributed by atoms with Crippen molar-refractivity contribution in [1.82, 2.24) is 5.32 Å². The first kappa shape index (κ1) is 17.5. The molecule has 0 aromatic heterocycles. The third-order valence-corrected chi connectivity index (χ3v) is 3.27. The number of aliphatic hydroxyl groups excluding tert-OH is 1. The lowest BCUT2D eigenvalue weighted by molar-refractivity contribution is -0.127. The molecule has 0 aliphatic carbocycles. The molecule has 2 N–H and O–H groups in total. The van der Waals surface area contributed by atoms with Gasteiger partial charge in [0.1, 0.15) is 5.75 Å². The number of rotatable bonds is 7. The van der Waals surface area contributed by atoms with Gasteiger partial charge in [-0.1, -0.05) is 32.9 Å². The second kappa shape index (κ2) is 8.03. The predicted octanol–water partition coefficient (Wildman–Crippen LogP) is 2.64. The summed E-state index contributed by atoms with van der Waals surface area (Å²) >= 11 is 0. The normalized spacial score (nSPS) is 12.8. The van der Waals surface area contributed by atoms with Crippen LogP contribution in [0, 0.1) is 0 Å². The number of aliphatic hydroxyl groups is 1. The van der Waals surface area contributed by atoms with E-state index in [9.17, 15) is 4.79 Å². The Balaban J connectivity index is 2.54. The van der Waals surface area contributed by atoms with Crippen LogP contribution in [-0.4, -0.2) is 30.3 Å². The largest absolute Gasteiger partial charge is 0.481 e. The van der Waals surface area contributed by atoms with Crippen LogP contribution in [0.1, 0.15) is 46.1 Å². The summed E-state index contributed by atoms with van der Waals surface area (Å²) in [5, 5.41) is 11.5. The maximum Gasteiger partial charge on any atom is 0.260 e. The average molecular weight is 293 g/mol. The summed E-state index contributed by atoms with van der Waals surface area (Å²) in [5.74, 6) is 0.578. The molecule has 0 spiro atoms. The molecule has 1 rings (SSSR count). The lowest BCUT2D eigenvalue weighted by Crippen LogP contribution is -2.36. The molecule has 4 nitrogen and oxygen atoms in total. The fraction of sp³-hybridized carbons (Fsp3) is 0.588. The average Bonchev–Trinajstić information content (AvgIpc) is 2.42. The van der Waals surface area contributed by atoms with Gasteiger partial charge in [-0.15, -0.1) is 0 Å². The highest BCUT2D eigenvalue weighted by Crippen LogP contribution is 2.26. The van der Waals surface area contributed by atoms with Crippen LogP contribution in [-0.2, 0) is 10.2 Å². The SMILES string of the molecule is C[C@H](Oc1cccc(C(C)(C)C)c1)C(=O)NCCCCO. The highest BCUT2D eigenvalue weighted by atomic mass is 16.5. The van der Waals surface area contributed by atoms with Crippen molar-refractivity contribution < 1.29 is 14.6 Å². The van der Waals surface area contributed by atoms with Crippen molar-refractivity contribution in [2.24, 2.45) is 0 Å². The standard InChI is InChI=1S/C17H27NO3/c1-13(16(20)18-10-5-6-11-19)21-15-9-7-8-14(12-15)17(2,3)4/h7-9,12-13,19H,5-6,10-11H2,1-4H3,(H,18,20)/t13-/m0/s1. The summed E-state index contributed by atoms with van der Waals surface area (Å²) in [6.07, 6.45) is 0.937. The molecule has 0 radical (unpaired) electrons. The zero-order valence-electron chi connectivity index (χ0n) is 13.5. The van der Waals surface area contributed by atoms with Gasteiger partial charge in [0.25, 0.3) is 5.91 Å². The van der Waals surface area contributed by atoms with Crippen LogP contribution in [0.3, 0.4) is 0 Å². The second-order valence-electron chi connectivity index (χ2n) is 6.26. The van der Waals surface area contributed by atoms with E-state index in [1.165, 1.54) is 5.56 Å². The molecule has 1 aromatic carbocycles. The molecular weight excluding hydrogens is 266 g/mol. The smallest absolute Gasteiger partial charge is 0.260 e. The second-order valence-corrected chi connectivity index (χ2v) is 6.26. The van der Waals surface area contributed by atoms with E-state index in [2.05, 4.69) is 32.2 Å². The number of carbonyl (C=O) groups is 1. The van der Waals surface area contributed by atoms with Crippen molar-refractivity contribution in [3.63, 3.8) is 0 Å². The first-order chi connectivity index (χ1) is 9.84. The summed E-state index contributed by atoms with van der Waals surface area (Å²) in [6.45, 7) is 8.89. The topological polar surface area (TPSA) is 58.6 Å². The van der Waals surface area contributed by atoms with Crippen molar-refractivity contribution in [3.8, 4) is 5.75 Å². The fourth-order valence-electron chi connectivity index (χ4n) is 1.89. The van der Waals surface area contributed by atoms with Crippen LogP contribution >= 0.6 is 0 Å². The first-order valence-electron chi connectivity index (χ1n) is 7.50. The van der Waals surface area contributed by atoms with Gasteiger partial charge in [0.05, 0.1) is 0 Å². The summed E-state index contributed by atoms with van der Waals surface area (Å²) < 4.78 is 5.71. The Morgan fingerprint density at radius 3 is 2.67 bits per heavy atom. The molecule has 0 aliphatic heterocycles. The van der Waals surface area contributed by atoms with Crippen molar-refractivity contribution >= 4 is 5.91 Å². The summed E-state index contributed by atoms with van der Waals surface area (Å²) in [4.78, 5) is 11.9. The molecule has 1 aromatic rings. The van der Waals surface area contributed by atoms with Crippen LogP contribution in [0.4, 0.5) is 0 Å². The Bertz CT molecular complexity index is 452. The van der Waals surface area contributed by atoms with Gasteiger partial charge in [-0.05, 0) is 42.9 Å². The summed E-state index contributed by atoms with van der Waals surface area (Å²) in [5.41, 5.74) is 1.23. The van der Waals surface area contributed by atoms with E-state index in [-0.39, 0.29) is 17.9 Å². The van der Waals surface area contributed by atoms with Crippen LogP contribution in [0.5, 0.6) is 5.75 Å². The first-order valence-corrected chi connectivity index (χ1v) is 7.50. The minimum Gasteiger partial charge on any atom is -0.481 e. The van der Waals surface area contributed by atoms with Crippen LogP contribution in [0.25, 0.3) is 0 Å². The number of carbonyl (C=O) groups excluding carboxylic acids is 1. The molecule has 1 atom stereocenters. The quantitative estimate of drug-likeness (QED) is 0.760. The van der Waals surface area contributed by atoms with Gasteiger partial charge in [0.2, 0.25) is 0 Å². The summed E-state index contributed by atoms with van der Waals surface area (Å²) in [7, 11) is 0. The minimum atomic E-state index is -0.533. The number of ether oxygens (including phenoxy) is 1. The number of hydrogen-bond acceptors (Lipinski definition) is 3. The van der Waals surface area contributed by atoms with E-state index in [0.717, 1.165) is 6.42 Å². The molecule has 0 fully saturated rings. The molecular formula is C17H27NO3. The highest BCUT2D eigenvalue weighted by Gasteiger charge is 2.17. The molecule has 0 bridgehead atoms. The van der Waals surface area contributed by atoms with Gasteiger partial charge in [0, 0.05) is 13.2 Å². The third kappa shape index (κ3) is 6.17. The zero-order chi connectivity index (χ0) is 15.9. The van der Waals surface area contributed by atoms with E-state index in [0.29, 0.717) is 18.7 Å². The number of benzene rings is 1. The van der Waals surface area contributed by atoms with Gasteiger partial charge in [-0.3, -0.25) is 4.79 Å². The van der Waals surface area contributed by atoms with Crippen molar-refractivity contribution in [2.45, 2.75) is 52.1 Å². The fourth-order valence-corrected chi connectivity index (χ4v) is 1.89. The molecule has 0 unspecified atom stereocenters. The third-order valence-electron chi connectivity index (χ3n) is 3.27. The van der Waals surface area contributed by atoms with E-state index >= 15 is 0 Å². The van der Waals surface area contributed by atoms with E-state index in [1.54, 1.807) is 6.92 Å². The number of nitrogens with one attached hydrogen (secondary N) is 1. The zero-order valence-corrected chi connectivity index (χ0v) is 13.5. The molecule has 0 heterocycles. The minimum absolute atomic E-state index is 0.0508. The molecule has 118 valence electrons. The molecule has 1 amide bonds. The Morgan fingerprint density at radius 2 is 2.05 bits per heavy atom. The van der Waals surface area contributed by atoms with E-state index in [4.69, 9.17) is 9.84 Å². The van der Waals surface area contributed by atoms with E-state index in [1.807, 2.05) is 18.2 Å².